The molecule has 0 aliphatic carbocycles. The Hall–Kier alpha value is -3.65. The number of ether oxygens (including phenoxy) is 3. The first kappa shape index (κ1) is 21.6. The van der Waals surface area contributed by atoms with Gasteiger partial charge in [-0.2, -0.15) is 0 Å². The third-order valence-corrected chi connectivity index (χ3v) is 5.70. The number of fused-ring (bicyclic) bond motifs is 1. The van der Waals surface area contributed by atoms with Gasteiger partial charge in [-0.25, -0.2) is 4.98 Å². The van der Waals surface area contributed by atoms with E-state index in [9.17, 15) is 4.79 Å². The maximum absolute atomic E-state index is 13.2. The monoisotopic (exact) mass is 449 g/mol. The molecule has 0 saturated heterocycles. The van der Waals surface area contributed by atoms with Crippen LogP contribution >= 0.6 is 11.3 Å². The second kappa shape index (κ2) is 10.1. The first-order valence-electron chi connectivity index (χ1n) is 10.2. The number of pyridine rings is 1. The Bertz CT molecular complexity index is 1200. The maximum atomic E-state index is 13.2. The summed E-state index contributed by atoms with van der Waals surface area (Å²) in [6, 6.07) is 18.5. The molecule has 0 radical (unpaired) electrons. The van der Waals surface area contributed by atoms with Crippen LogP contribution in [-0.4, -0.2) is 36.2 Å². The molecule has 32 heavy (non-hydrogen) atoms. The van der Waals surface area contributed by atoms with Crippen LogP contribution in [0, 0.1) is 0 Å². The summed E-state index contributed by atoms with van der Waals surface area (Å²) in [6.45, 7) is 2.61. The summed E-state index contributed by atoms with van der Waals surface area (Å²) in [6.07, 6.45) is 1.70. The molecule has 164 valence electrons. The van der Waals surface area contributed by atoms with E-state index in [4.69, 9.17) is 19.2 Å². The Morgan fingerprint density at radius 1 is 1.03 bits per heavy atom. The molecule has 2 aromatic heterocycles. The number of nitrogens with zero attached hydrogens (tertiary/aromatic N) is 3. The van der Waals surface area contributed by atoms with Gasteiger partial charge in [0, 0.05) is 12.3 Å². The van der Waals surface area contributed by atoms with E-state index >= 15 is 0 Å². The Kier molecular flexibility index (Phi) is 6.81. The van der Waals surface area contributed by atoms with E-state index in [1.165, 1.54) is 11.3 Å². The number of aromatic nitrogens is 2. The smallest absolute Gasteiger partial charge is 0.267 e. The highest BCUT2D eigenvalue weighted by Crippen LogP contribution is 2.35. The molecule has 1 amide bonds. The van der Waals surface area contributed by atoms with Crippen LogP contribution in [0.5, 0.6) is 17.2 Å². The van der Waals surface area contributed by atoms with Crippen LogP contribution < -0.4 is 19.1 Å². The number of anilines is 1. The van der Waals surface area contributed by atoms with Gasteiger partial charge in [-0.15, -0.1) is 0 Å². The number of benzene rings is 2. The minimum absolute atomic E-state index is 0.145. The Morgan fingerprint density at radius 2 is 1.88 bits per heavy atom. The zero-order valence-electron chi connectivity index (χ0n) is 17.9. The molecule has 4 rings (SSSR count). The molecule has 0 saturated carbocycles. The number of thiazole rings is 1. The van der Waals surface area contributed by atoms with Crippen molar-refractivity contribution in [2.45, 2.75) is 13.5 Å². The van der Waals surface area contributed by atoms with Crippen LogP contribution in [-0.2, 0) is 11.3 Å². The minimum Gasteiger partial charge on any atom is -0.497 e. The fourth-order valence-corrected chi connectivity index (χ4v) is 4.13. The second-order valence-corrected chi connectivity index (χ2v) is 7.81. The molecule has 4 aromatic rings. The van der Waals surface area contributed by atoms with Crippen LogP contribution in [0.25, 0.3) is 10.2 Å². The lowest BCUT2D eigenvalue weighted by atomic mass is 10.3. The van der Waals surface area contributed by atoms with E-state index in [0.29, 0.717) is 29.0 Å². The van der Waals surface area contributed by atoms with Crippen LogP contribution in [0.15, 0.2) is 66.9 Å². The number of carbonyl (C=O) groups excluding carboxylic acids is 1. The van der Waals surface area contributed by atoms with Crippen LogP contribution in [0.2, 0.25) is 0 Å². The van der Waals surface area contributed by atoms with E-state index in [1.807, 2.05) is 55.5 Å². The van der Waals surface area contributed by atoms with Crippen molar-refractivity contribution in [2.24, 2.45) is 0 Å². The lowest BCUT2D eigenvalue weighted by Gasteiger charge is -2.19. The third-order valence-electron chi connectivity index (χ3n) is 4.65. The molecule has 0 N–H and O–H groups in total. The number of hydrogen-bond acceptors (Lipinski definition) is 7. The third kappa shape index (κ3) is 4.97. The van der Waals surface area contributed by atoms with E-state index in [-0.39, 0.29) is 19.1 Å². The number of para-hydroxylation sites is 1. The van der Waals surface area contributed by atoms with Gasteiger partial charge in [0.05, 0.1) is 30.7 Å². The first-order valence-corrected chi connectivity index (χ1v) is 11.0. The average molecular weight is 450 g/mol. The molecule has 0 bridgehead atoms. The average Bonchev–Trinajstić information content (AvgIpc) is 3.27. The van der Waals surface area contributed by atoms with Crippen molar-refractivity contribution in [3.63, 3.8) is 0 Å². The number of carbonyl (C=O) groups is 1. The van der Waals surface area contributed by atoms with Crippen LogP contribution in [0.1, 0.15) is 12.6 Å². The molecule has 0 fully saturated rings. The quantitative estimate of drug-likeness (QED) is 0.368. The summed E-state index contributed by atoms with van der Waals surface area (Å²) >= 11 is 1.43. The molecular formula is C24H23N3O4S. The topological polar surface area (TPSA) is 73.8 Å². The predicted octanol–water partition coefficient (Wildman–Crippen LogP) is 4.71. The van der Waals surface area contributed by atoms with Crippen molar-refractivity contribution in [3.8, 4) is 17.2 Å². The normalized spacial score (nSPS) is 10.7. The summed E-state index contributed by atoms with van der Waals surface area (Å²) < 4.78 is 17.6. The van der Waals surface area contributed by atoms with Gasteiger partial charge in [-0.1, -0.05) is 29.5 Å². The van der Waals surface area contributed by atoms with Gasteiger partial charge in [-0.3, -0.25) is 14.7 Å². The number of rotatable bonds is 9. The van der Waals surface area contributed by atoms with Gasteiger partial charge in [0.2, 0.25) is 0 Å². The zero-order chi connectivity index (χ0) is 22.3. The second-order valence-electron chi connectivity index (χ2n) is 6.80. The fraction of sp³-hybridized carbons (Fsp3) is 0.208. The van der Waals surface area contributed by atoms with Crippen molar-refractivity contribution in [3.05, 3.63) is 72.6 Å². The van der Waals surface area contributed by atoms with Crippen LogP contribution in [0.4, 0.5) is 5.13 Å². The highest BCUT2D eigenvalue weighted by molar-refractivity contribution is 7.22. The molecule has 0 atom stereocenters. The van der Waals surface area contributed by atoms with Gasteiger partial charge in [0.1, 0.15) is 22.8 Å². The SMILES string of the molecule is CCOc1cccc2sc(N(Cc3ccccn3)C(=O)COc3cccc(OC)c3)nc12. The molecule has 0 unspecified atom stereocenters. The number of methoxy groups -OCH3 is 1. The Labute approximate surface area is 190 Å². The number of amides is 1. The molecule has 8 heteroatoms. The van der Waals surface area contributed by atoms with Crippen molar-refractivity contribution in [2.75, 3.05) is 25.2 Å². The zero-order valence-corrected chi connectivity index (χ0v) is 18.7. The molecule has 2 aromatic carbocycles. The highest BCUT2D eigenvalue weighted by Gasteiger charge is 2.22. The largest absolute Gasteiger partial charge is 0.497 e. The van der Waals surface area contributed by atoms with Gasteiger partial charge >= 0.3 is 0 Å². The van der Waals surface area contributed by atoms with E-state index < -0.39 is 0 Å². The summed E-state index contributed by atoms with van der Waals surface area (Å²) in [4.78, 5) is 23.9. The first-order chi connectivity index (χ1) is 15.7. The molecular weight excluding hydrogens is 426 g/mol. The molecule has 0 aliphatic heterocycles. The lowest BCUT2D eigenvalue weighted by Crippen LogP contribution is -2.34. The summed E-state index contributed by atoms with van der Waals surface area (Å²) in [5, 5.41) is 0.567. The maximum Gasteiger partial charge on any atom is 0.267 e. The van der Waals surface area contributed by atoms with Gasteiger partial charge in [0.25, 0.3) is 5.91 Å². The molecule has 0 spiro atoms. The number of hydrogen-bond donors (Lipinski definition) is 0. The van der Waals surface area contributed by atoms with Gasteiger partial charge in [0.15, 0.2) is 11.7 Å². The van der Waals surface area contributed by atoms with Crippen molar-refractivity contribution in [1.82, 2.24) is 9.97 Å². The van der Waals surface area contributed by atoms with E-state index in [0.717, 1.165) is 15.9 Å². The Morgan fingerprint density at radius 3 is 2.66 bits per heavy atom. The Balaban J connectivity index is 1.61. The lowest BCUT2D eigenvalue weighted by molar-refractivity contribution is -0.120. The van der Waals surface area contributed by atoms with Gasteiger partial charge in [-0.05, 0) is 43.3 Å². The summed E-state index contributed by atoms with van der Waals surface area (Å²) in [7, 11) is 1.59. The van der Waals surface area contributed by atoms with E-state index in [2.05, 4.69) is 4.98 Å². The van der Waals surface area contributed by atoms with Crippen molar-refractivity contribution < 1.29 is 19.0 Å². The van der Waals surface area contributed by atoms with Crippen LogP contribution in [0.3, 0.4) is 0 Å². The minimum atomic E-state index is -0.226. The molecule has 7 nitrogen and oxygen atoms in total. The standard InChI is InChI=1S/C24H23N3O4S/c1-3-30-20-11-7-12-21-23(20)26-24(32-21)27(15-17-8-4-5-13-25-17)22(28)16-31-19-10-6-9-18(14-19)29-2/h4-14H,3,15-16H2,1-2H3. The van der Waals surface area contributed by atoms with Crippen molar-refractivity contribution in [1.29, 1.82) is 0 Å². The van der Waals surface area contributed by atoms with Crippen molar-refractivity contribution >= 4 is 32.6 Å². The summed E-state index contributed by atoms with van der Waals surface area (Å²) in [5.74, 6) is 1.69. The molecule has 0 aliphatic rings. The molecule has 2 heterocycles. The predicted molar refractivity (Wildman–Crippen MR) is 125 cm³/mol. The summed E-state index contributed by atoms with van der Waals surface area (Å²) in [5.41, 5.74) is 1.49. The van der Waals surface area contributed by atoms with E-state index in [1.54, 1.807) is 30.3 Å². The van der Waals surface area contributed by atoms with Gasteiger partial charge < -0.3 is 14.2 Å². The fourth-order valence-electron chi connectivity index (χ4n) is 3.13. The highest BCUT2D eigenvalue weighted by atomic mass is 32.1.